The number of halogens is 2. The van der Waals surface area contributed by atoms with Crippen molar-refractivity contribution >= 4 is 44.3 Å². The molecule has 0 bridgehead atoms. The summed E-state index contributed by atoms with van der Waals surface area (Å²) in [6, 6.07) is 4.17. The van der Waals surface area contributed by atoms with Crippen LogP contribution in [-0.2, 0) is 6.42 Å². The zero-order valence-electron chi connectivity index (χ0n) is 11.5. The molecule has 4 heteroatoms. The summed E-state index contributed by atoms with van der Waals surface area (Å²) in [5.74, 6) is 0.970. The summed E-state index contributed by atoms with van der Waals surface area (Å²) >= 11 is 9.98. The summed E-state index contributed by atoms with van der Waals surface area (Å²) in [6.07, 6.45) is 2.02. The number of hydrogen-bond acceptors (Lipinski definition) is 2. The molecule has 0 aliphatic heterocycles. The Balaban J connectivity index is 2.66. The molecule has 0 saturated heterocycles. The predicted molar refractivity (Wildman–Crippen MR) is 87.3 cm³/mol. The van der Waals surface area contributed by atoms with Crippen LogP contribution < -0.4 is 5.32 Å². The minimum absolute atomic E-state index is 0.794. The van der Waals surface area contributed by atoms with Crippen molar-refractivity contribution < 1.29 is 0 Å². The fourth-order valence-electron chi connectivity index (χ4n) is 2.10. The Hall–Kier alpha value is -0.800. The summed E-state index contributed by atoms with van der Waals surface area (Å²) in [5, 5.41) is 5.21. The van der Waals surface area contributed by atoms with Gasteiger partial charge in [-0.3, -0.25) is 0 Å². The quantitative estimate of drug-likeness (QED) is 0.811. The average molecular weight is 342 g/mol. The van der Waals surface area contributed by atoms with Crippen molar-refractivity contribution in [3.05, 3.63) is 32.8 Å². The molecule has 102 valence electrons. The van der Waals surface area contributed by atoms with E-state index in [1.807, 2.05) is 13.0 Å². The highest BCUT2D eigenvalue weighted by atomic mass is 79.9. The van der Waals surface area contributed by atoms with Crippen molar-refractivity contribution in [2.75, 3.05) is 11.9 Å². The van der Waals surface area contributed by atoms with E-state index in [9.17, 15) is 0 Å². The number of aromatic nitrogens is 1. The van der Waals surface area contributed by atoms with Gasteiger partial charge in [0, 0.05) is 16.4 Å². The maximum absolute atomic E-state index is 6.40. The Morgan fingerprint density at radius 2 is 2.05 bits per heavy atom. The van der Waals surface area contributed by atoms with Gasteiger partial charge in [-0.15, -0.1) is 0 Å². The van der Waals surface area contributed by atoms with E-state index in [2.05, 4.69) is 41.2 Å². The van der Waals surface area contributed by atoms with Crippen LogP contribution in [0.15, 0.2) is 16.6 Å². The van der Waals surface area contributed by atoms with Crippen LogP contribution in [0.4, 0.5) is 5.82 Å². The molecule has 1 aromatic carbocycles. The molecule has 0 unspecified atom stereocenters. The Bertz CT molecular complexity index is 611. The first-order chi connectivity index (χ1) is 9.08. The fourth-order valence-corrected chi connectivity index (χ4v) is 2.95. The highest BCUT2D eigenvalue weighted by Gasteiger charge is 2.12. The SMILES string of the molecule is CCCNc1nc2c(Br)cc(C)c(Cl)c2cc1CC. The van der Waals surface area contributed by atoms with E-state index in [0.29, 0.717) is 0 Å². The normalized spacial score (nSPS) is 11.0. The molecule has 0 aliphatic rings. The summed E-state index contributed by atoms with van der Waals surface area (Å²) < 4.78 is 0.992. The van der Waals surface area contributed by atoms with E-state index in [4.69, 9.17) is 16.6 Å². The topological polar surface area (TPSA) is 24.9 Å². The zero-order valence-corrected chi connectivity index (χ0v) is 13.8. The lowest BCUT2D eigenvalue weighted by atomic mass is 10.1. The summed E-state index contributed by atoms with van der Waals surface area (Å²) in [7, 11) is 0. The highest BCUT2D eigenvalue weighted by molar-refractivity contribution is 9.10. The Morgan fingerprint density at radius 3 is 2.68 bits per heavy atom. The first-order valence-corrected chi connectivity index (χ1v) is 7.77. The second-order valence-corrected chi connectivity index (χ2v) is 5.89. The maximum atomic E-state index is 6.40. The van der Waals surface area contributed by atoms with Gasteiger partial charge in [0.2, 0.25) is 0 Å². The molecule has 0 spiro atoms. The van der Waals surface area contributed by atoms with Crippen LogP contribution in [0.5, 0.6) is 0 Å². The standard InChI is InChI=1S/C15H18BrClN2/c1-4-6-18-15-10(5-2)8-11-13(17)9(3)7-12(16)14(11)19-15/h7-8H,4-6H2,1-3H3,(H,18,19). The summed E-state index contributed by atoms with van der Waals surface area (Å²) in [6.45, 7) is 7.23. The molecule has 1 heterocycles. The van der Waals surface area contributed by atoms with Gasteiger partial charge in [0.15, 0.2) is 0 Å². The third kappa shape index (κ3) is 2.87. The van der Waals surface area contributed by atoms with E-state index in [1.165, 1.54) is 5.56 Å². The average Bonchev–Trinajstić information content (AvgIpc) is 2.41. The lowest BCUT2D eigenvalue weighted by Gasteiger charge is -2.13. The lowest BCUT2D eigenvalue weighted by molar-refractivity contribution is 0.961. The second-order valence-electron chi connectivity index (χ2n) is 4.66. The molecular weight excluding hydrogens is 324 g/mol. The van der Waals surface area contributed by atoms with Gasteiger partial charge in [0.05, 0.1) is 10.5 Å². The molecule has 0 radical (unpaired) electrons. The molecule has 0 atom stereocenters. The Labute approximate surface area is 127 Å². The van der Waals surface area contributed by atoms with Gasteiger partial charge in [-0.2, -0.15) is 0 Å². The summed E-state index contributed by atoms with van der Waals surface area (Å²) in [4.78, 5) is 4.74. The zero-order chi connectivity index (χ0) is 14.0. The molecule has 1 N–H and O–H groups in total. The van der Waals surface area contributed by atoms with Crippen molar-refractivity contribution in [2.24, 2.45) is 0 Å². The third-order valence-corrected chi connectivity index (χ3v) is 4.28. The van der Waals surface area contributed by atoms with Gasteiger partial charge in [-0.05, 0) is 59.0 Å². The largest absolute Gasteiger partial charge is 0.370 e. The van der Waals surface area contributed by atoms with E-state index in [0.717, 1.165) is 51.2 Å². The molecule has 0 saturated carbocycles. The van der Waals surface area contributed by atoms with Crippen LogP contribution in [0, 0.1) is 6.92 Å². The van der Waals surface area contributed by atoms with Gasteiger partial charge in [-0.1, -0.05) is 25.4 Å². The summed E-state index contributed by atoms with van der Waals surface area (Å²) in [5.41, 5.74) is 3.20. The van der Waals surface area contributed by atoms with E-state index >= 15 is 0 Å². The van der Waals surface area contributed by atoms with Crippen LogP contribution in [0.1, 0.15) is 31.4 Å². The van der Waals surface area contributed by atoms with E-state index in [-0.39, 0.29) is 0 Å². The molecule has 0 aliphatic carbocycles. The molecule has 0 fully saturated rings. The van der Waals surface area contributed by atoms with E-state index in [1.54, 1.807) is 0 Å². The van der Waals surface area contributed by atoms with Crippen LogP contribution in [-0.4, -0.2) is 11.5 Å². The first kappa shape index (κ1) is 14.6. The van der Waals surface area contributed by atoms with E-state index < -0.39 is 0 Å². The molecule has 1 aromatic heterocycles. The van der Waals surface area contributed by atoms with Gasteiger partial charge in [-0.25, -0.2) is 4.98 Å². The van der Waals surface area contributed by atoms with Crippen molar-refractivity contribution in [1.82, 2.24) is 4.98 Å². The smallest absolute Gasteiger partial charge is 0.129 e. The monoisotopic (exact) mass is 340 g/mol. The van der Waals surface area contributed by atoms with Crippen molar-refractivity contribution in [3.63, 3.8) is 0 Å². The number of fused-ring (bicyclic) bond motifs is 1. The number of nitrogens with one attached hydrogen (secondary N) is 1. The second kappa shape index (κ2) is 6.10. The predicted octanol–water partition coefficient (Wildman–Crippen LogP) is 5.34. The minimum atomic E-state index is 0.794. The van der Waals surface area contributed by atoms with Gasteiger partial charge >= 0.3 is 0 Å². The molecule has 19 heavy (non-hydrogen) atoms. The van der Waals surface area contributed by atoms with Crippen LogP contribution >= 0.6 is 27.5 Å². The lowest BCUT2D eigenvalue weighted by Crippen LogP contribution is -2.05. The van der Waals surface area contributed by atoms with Crippen LogP contribution in [0.3, 0.4) is 0 Å². The molecule has 0 amide bonds. The molecule has 2 rings (SSSR count). The number of aryl methyl sites for hydroxylation is 2. The molecule has 2 nitrogen and oxygen atoms in total. The van der Waals surface area contributed by atoms with Crippen molar-refractivity contribution in [2.45, 2.75) is 33.6 Å². The third-order valence-electron chi connectivity index (χ3n) is 3.18. The Kier molecular flexibility index (Phi) is 4.69. The maximum Gasteiger partial charge on any atom is 0.129 e. The number of hydrogen-bond donors (Lipinski definition) is 1. The number of pyridine rings is 1. The Morgan fingerprint density at radius 1 is 1.32 bits per heavy atom. The minimum Gasteiger partial charge on any atom is -0.370 e. The van der Waals surface area contributed by atoms with Gasteiger partial charge < -0.3 is 5.32 Å². The molecular formula is C15H18BrClN2. The fraction of sp³-hybridized carbons (Fsp3) is 0.400. The van der Waals surface area contributed by atoms with Crippen LogP contribution in [0.25, 0.3) is 10.9 Å². The number of benzene rings is 1. The van der Waals surface area contributed by atoms with Gasteiger partial charge in [0.1, 0.15) is 5.82 Å². The van der Waals surface area contributed by atoms with Crippen LogP contribution in [0.2, 0.25) is 5.02 Å². The molecule has 2 aromatic rings. The van der Waals surface area contributed by atoms with Crippen molar-refractivity contribution in [3.8, 4) is 0 Å². The number of rotatable bonds is 4. The number of anilines is 1. The number of nitrogens with zero attached hydrogens (tertiary/aromatic N) is 1. The highest BCUT2D eigenvalue weighted by Crippen LogP contribution is 2.34. The van der Waals surface area contributed by atoms with Gasteiger partial charge in [0.25, 0.3) is 0 Å². The van der Waals surface area contributed by atoms with Crippen molar-refractivity contribution in [1.29, 1.82) is 0 Å². The first-order valence-electron chi connectivity index (χ1n) is 6.60.